The molecule has 1 aromatic carbocycles. The molecule has 10 nitrogen and oxygen atoms in total. The highest BCUT2D eigenvalue weighted by atomic mass is 35.5. The molecule has 216 valence electrons. The lowest BCUT2D eigenvalue weighted by molar-refractivity contribution is 0.0695. The first-order valence-electron chi connectivity index (χ1n) is 14.1. The highest BCUT2D eigenvalue weighted by molar-refractivity contribution is 6.33. The first-order chi connectivity index (χ1) is 20.2. The summed E-state index contributed by atoms with van der Waals surface area (Å²) in [6.07, 6.45) is 7.28. The second-order valence-corrected chi connectivity index (χ2v) is 12.3. The molecular formula is C31H32ClN7O3. The Bertz CT molecular complexity index is 1980. The van der Waals surface area contributed by atoms with Crippen LogP contribution in [0.2, 0.25) is 5.02 Å². The minimum Gasteiger partial charge on any atom is -0.477 e. The Labute approximate surface area is 246 Å². The Morgan fingerprint density at radius 2 is 1.95 bits per heavy atom. The number of nitrogens with one attached hydrogen (secondary N) is 2. The van der Waals surface area contributed by atoms with Crippen LogP contribution in [0.4, 0.5) is 11.4 Å². The molecule has 0 unspecified atom stereocenters. The van der Waals surface area contributed by atoms with E-state index in [0.717, 1.165) is 52.0 Å². The van der Waals surface area contributed by atoms with Gasteiger partial charge in [-0.05, 0) is 57.0 Å². The third kappa shape index (κ3) is 3.96. The second kappa shape index (κ2) is 9.71. The van der Waals surface area contributed by atoms with Crippen molar-refractivity contribution in [3.8, 4) is 11.1 Å². The zero-order valence-corrected chi connectivity index (χ0v) is 24.7. The molecule has 5 aromatic rings. The molecule has 2 aliphatic rings. The molecule has 0 bridgehead atoms. The number of benzene rings is 1. The van der Waals surface area contributed by atoms with E-state index in [-0.39, 0.29) is 10.9 Å². The maximum absolute atomic E-state index is 13.2. The van der Waals surface area contributed by atoms with Crippen molar-refractivity contribution in [2.24, 2.45) is 18.9 Å². The van der Waals surface area contributed by atoms with Crippen molar-refractivity contribution in [2.45, 2.75) is 18.9 Å². The van der Waals surface area contributed by atoms with E-state index >= 15 is 0 Å². The lowest BCUT2D eigenvalue weighted by Crippen LogP contribution is -2.35. The van der Waals surface area contributed by atoms with E-state index in [1.54, 1.807) is 23.9 Å². The fourth-order valence-corrected chi connectivity index (χ4v) is 7.59. The van der Waals surface area contributed by atoms with Crippen LogP contribution >= 0.6 is 11.6 Å². The molecule has 1 saturated carbocycles. The lowest BCUT2D eigenvalue weighted by Gasteiger charge is -2.28. The molecule has 11 heteroatoms. The Balaban J connectivity index is 1.50. The van der Waals surface area contributed by atoms with Gasteiger partial charge in [-0.1, -0.05) is 11.6 Å². The van der Waals surface area contributed by atoms with Gasteiger partial charge in [-0.3, -0.25) is 4.79 Å². The topological polar surface area (TPSA) is 119 Å². The number of halogens is 1. The van der Waals surface area contributed by atoms with Gasteiger partial charge < -0.3 is 29.8 Å². The Hall–Kier alpha value is -4.15. The van der Waals surface area contributed by atoms with Crippen molar-refractivity contribution in [3.05, 3.63) is 57.6 Å². The first kappa shape index (κ1) is 26.7. The number of fused-ring (bicyclic) bond motifs is 5. The van der Waals surface area contributed by atoms with Crippen LogP contribution in [0.15, 0.2) is 41.6 Å². The minimum atomic E-state index is -1.26. The summed E-state index contributed by atoms with van der Waals surface area (Å²) in [5, 5.41) is 15.7. The average molecular weight is 586 g/mol. The van der Waals surface area contributed by atoms with E-state index in [2.05, 4.69) is 39.2 Å². The number of carbonyl (C=O) groups is 1. The number of nitrogens with zero attached hydrogens (tertiary/aromatic N) is 5. The molecule has 0 radical (unpaired) electrons. The second-order valence-electron chi connectivity index (χ2n) is 11.8. The quantitative estimate of drug-likeness (QED) is 0.269. The monoisotopic (exact) mass is 585 g/mol. The van der Waals surface area contributed by atoms with Gasteiger partial charge >= 0.3 is 5.97 Å². The lowest BCUT2D eigenvalue weighted by atomic mass is 9.97. The standard InChI is InChI=1S/C31H32ClN7O3/c1-33-23-9-17(32)8-18-25-27(39-12-15-5-6-24(37(2)3)21(15)14-39)20(11-34-29(25)36-26(18)23)16-7-19-28(40)22(31(41)42)13-38(4)30(19)35-10-16/h7-11,13,15,21,24,33H,5-6,12,14H2,1-4H3,(H,34,36)(H,41,42)/t15-,21+,24-/m0/s1. The van der Waals surface area contributed by atoms with Crippen LogP contribution in [-0.4, -0.2) is 75.8 Å². The van der Waals surface area contributed by atoms with Crippen molar-refractivity contribution >= 4 is 61.9 Å². The Morgan fingerprint density at radius 1 is 1.14 bits per heavy atom. The van der Waals surface area contributed by atoms with Crippen LogP contribution in [0.1, 0.15) is 23.2 Å². The van der Waals surface area contributed by atoms with Gasteiger partial charge in [-0.15, -0.1) is 0 Å². The van der Waals surface area contributed by atoms with Crippen LogP contribution in [0, 0.1) is 11.8 Å². The van der Waals surface area contributed by atoms with E-state index in [1.807, 2.05) is 25.4 Å². The summed E-state index contributed by atoms with van der Waals surface area (Å²) in [5.41, 5.74) is 4.71. The van der Waals surface area contributed by atoms with Gasteiger partial charge in [0.25, 0.3) is 0 Å². The largest absolute Gasteiger partial charge is 0.477 e. The van der Waals surface area contributed by atoms with Crippen LogP contribution in [-0.2, 0) is 7.05 Å². The average Bonchev–Trinajstić information content (AvgIpc) is 3.66. The molecule has 0 spiro atoms. The van der Waals surface area contributed by atoms with Gasteiger partial charge in [0.2, 0.25) is 5.43 Å². The maximum Gasteiger partial charge on any atom is 0.341 e. The first-order valence-corrected chi connectivity index (χ1v) is 14.5. The van der Waals surface area contributed by atoms with Crippen LogP contribution in [0.5, 0.6) is 0 Å². The number of carboxylic acid groups (broad SMARTS) is 1. The third-order valence-corrected chi connectivity index (χ3v) is 9.51. The number of pyridine rings is 3. The number of aryl methyl sites for hydroxylation is 1. The molecular weight excluding hydrogens is 554 g/mol. The predicted molar refractivity (Wildman–Crippen MR) is 167 cm³/mol. The van der Waals surface area contributed by atoms with E-state index in [9.17, 15) is 14.7 Å². The number of aromatic amines is 1. The number of carboxylic acids is 1. The zero-order chi connectivity index (χ0) is 29.4. The maximum atomic E-state index is 13.2. The van der Waals surface area contributed by atoms with Crippen LogP contribution in [0.25, 0.3) is 44.1 Å². The summed E-state index contributed by atoms with van der Waals surface area (Å²) in [5.74, 6) is -0.144. The SMILES string of the molecule is CNc1cc(Cl)cc2c1[nH]c1ncc(-c3cnc4c(c3)c(=O)c(C(=O)O)cn4C)c(N3C[C@@H]4CC[C@H](N(C)C)[C@@H]4C3)c12. The Kier molecular flexibility index (Phi) is 6.18. The number of hydrogen-bond acceptors (Lipinski definition) is 7. The fourth-order valence-electron chi connectivity index (χ4n) is 7.37. The van der Waals surface area contributed by atoms with E-state index in [4.69, 9.17) is 16.6 Å². The van der Waals surface area contributed by atoms with Gasteiger partial charge in [0.05, 0.1) is 27.7 Å². The number of rotatable bonds is 5. The minimum absolute atomic E-state index is 0.256. The molecule has 5 heterocycles. The molecule has 1 aliphatic heterocycles. The summed E-state index contributed by atoms with van der Waals surface area (Å²) in [7, 11) is 7.89. The summed E-state index contributed by atoms with van der Waals surface area (Å²) >= 11 is 6.61. The highest BCUT2D eigenvalue weighted by Crippen LogP contribution is 2.48. The smallest absolute Gasteiger partial charge is 0.341 e. The van der Waals surface area contributed by atoms with Gasteiger partial charge in [0.1, 0.15) is 16.9 Å². The van der Waals surface area contributed by atoms with Crippen LogP contribution in [0.3, 0.4) is 0 Å². The van der Waals surface area contributed by atoms with Gasteiger partial charge in [0.15, 0.2) is 0 Å². The summed E-state index contributed by atoms with van der Waals surface area (Å²) in [6, 6.07) is 6.14. The van der Waals surface area contributed by atoms with Gasteiger partial charge in [-0.2, -0.15) is 0 Å². The fraction of sp³-hybridized carbons (Fsp3) is 0.355. The molecule has 1 saturated heterocycles. The zero-order valence-electron chi connectivity index (χ0n) is 23.9. The highest BCUT2D eigenvalue weighted by Gasteiger charge is 2.44. The van der Waals surface area contributed by atoms with Crippen molar-refractivity contribution in [2.75, 3.05) is 44.4 Å². The molecule has 42 heavy (non-hydrogen) atoms. The third-order valence-electron chi connectivity index (χ3n) is 9.29. The van der Waals surface area contributed by atoms with E-state index in [1.165, 1.54) is 19.0 Å². The summed E-state index contributed by atoms with van der Waals surface area (Å²) in [4.78, 5) is 42.9. The molecule has 7 rings (SSSR count). The molecule has 0 amide bonds. The van der Waals surface area contributed by atoms with Gasteiger partial charge in [-0.25, -0.2) is 14.8 Å². The molecule has 3 N–H and O–H groups in total. The van der Waals surface area contributed by atoms with Crippen molar-refractivity contribution < 1.29 is 9.90 Å². The van der Waals surface area contributed by atoms with Gasteiger partial charge in [0, 0.05) is 73.4 Å². The van der Waals surface area contributed by atoms with E-state index < -0.39 is 11.4 Å². The van der Waals surface area contributed by atoms with Crippen molar-refractivity contribution in [1.82, 2.24) is 24.4 Å². The number of aromatic nitrogens is 4. The number of anilines is 2. The molecule has 1 aliphatic carbocycles. The predicted octanol–water partition coefficient (Wildman–Crippen LogP) is 4.80. The number of hydrogen-bond donors (Lipinski definition) is 3. The van der Waals surface area contributed by atoms with E-state index in [0.29, 0.717) is 34.1 Å². The molecule has 4 aromatic heterocycles. The van der Waals surface area contributed by atoms with Crippen molar-refractivity contribution in [3.63, 3.8) is 0 Å². The number of H-pyrrole nitrogens is 1. The molecule has 2 fully saturated rings. The van der Waals surface area contributed by atoms with Crippen molar-refractivity contribution in [1.29, 1.82) is 0 Å². The summed E-state index contributed by atoms with van der Waals surface area (Å²) in [6.45, 7) is 1.82. The van der Waals surface area contributed by atoms with Crippen LogP contribution < -0.4 is 15.6 Å². The number of aromatic carboxylic acids is 1. The summed E-state index contributed by atoms with van der Waals surface area (Å²) < 4.78 is 1.58. The molecule has 3 atom stereocenters. The normalized spacial score (nSPS) is 20.3. The Morgan fingerprint density at radius 3 is 2.69 bits per heavy atom.